The van der Waals surface area contributed by atoms with Crippen molar-refractivity contribution in [2.75, 3.05) is 23.3 Å². The van der Waals surface area contributed by atoms with Crippen LogP contribution in [0.3, 0.4) is 0 Å². The molecule has 0 atom stereocenters. The summed E-state index contributed by atoms with van der Waals surface area (Å²) in [6, 6.07) is 11.3. The summed E-state index contributed by atoms with van der Waals surface area (Å²) in [5, 5.41) is 18.0. The maximum atomic E-state index is 13.0. The fourth-order valence-electron chi connectivity index (χ4n) is 3.86. The Morgan fingerprint density at radius 1 is 1.18 bits per heavy atom. The average Bonchev–Trinajstić information content (AvgIpc) is 3.32. The molecule has 0 spiro atoms. The van der Waals surface area contributed by atoms with Gasteiger partial charge in [-0.1, -0.05) is 5.16 Å². The molecule has 170 valence electrons. The average molecular weight is 449 g/mol. The van der Waals surface area contributed by atoms with Crippen LogP contribution in [0, 0.1) is 10.1 Å². The number of carbonyl (C=O) groups is 1. The smallest absolute Gasteiger partial charge is 0.270 e. The molecule has 2 heterocycles. The Bertz CT molecular complexity index is 1170. The Morgan fingerprint density at radius 3 is 2.64 bits per heavy atom. The number of carbonyl (C=O) groups excluding carboxylic acids is 1. The molecule has 1 saturated carbocycles. The number of ether oxygens (including phenoxy) is 1. The Morgan fingerprint density at radius 2 is 1.94 bits per heavy atom. The van der Waals surface area contributed by atoms with Gasteiger partial charge in [-0.3, -0.25) is 14.9 Å². The normalized spacial score (nSPS) is 15.5. The number of rotatable bonds is 8. The van der Waals surface area contributed by atoms with Crippen LogP contribution in [0.1, 0.15) is 53.7 Å². The molecular weight excluding hydrogens is 426 g/mol. The van der Waals surface area contributed by atoms with Crippen molar-refractivity contribution in [1.29, 1.82) is 0 Å². The molecule has 10 nitrogen and oxygen atoms in total. The van der Waals surface area contributed by atoms with Crippen LogP contribution in [0.4, 0.5) is 17.1 Å². The lowest BCUT2D eigenvalue weighted by molar-refractivity contribution is -0.384. The van der Waals surface area contributed by atoms with Crippen LogP contribution < -0.4 is 15.0 Å². The minimum absolute atomic E-state index is 0.113. The number of hydrogen-bond acceptors (Lipinski definition) is 8. The van der Waals surface area contributed by atoms with Gasteiger partial charge in [-0.25, -0.2) is 0 Å². The Kier molecular flexibility index (Phi) is 5.64. The first-order valence-electron chi connectivity index (χ1n) is 11.0. The van der Waals surface area contributed by atoms with Gasteiger partial charge in [-0.15, -0.1) is 0 Å². The van der Waals surface area contributed by atoms with Gasteiger partial charge in [0, 0.05) is 36.8 Å². The van der Waals surface area contributed by atoms with Crippen LogP contribution in [0.5, 0.6) is 5.75 Å². The van der Waals surface area contributed by atoms with E-state index in [4.69, 9.17) is 9.26 Å². The van der Waals surface area contributed by atoms with E-state index in [0.717, 1.165) is 38.8 Å². The number of nitrogens with zero attached hydrogens (tertiary/aromatic N) is 4. The topological polar surface area (TPSA) is 124 Å². The standard InChI is InChI=1S/C23H23N5O5/c29-22(19-13-17(28(30)31)7-10-20(19)27-11-1-2-12-27)24-16-5-8-18(9-6-16)32-14-21-25-23(33-26-21)15-3-4-15/h5-10,13,15H,1-4,11-12,14H2,(H,24,29). The van der Waals surface area contributed by atoms with Gasteiger partial charge in [-0.2, -0.15) is 4.98 Å². The molecule has 1 aliphatic heterocycles. The summed E-state index contributed by atoms with van der Waals surface area (Å²) >= 11 is 0. The molecule has 1 N–H and O–H groups in total. The zero-order valence-electron chi connectivity index (χ0n) is 17.9. The number of amides is 1. The lowest BCUT2D eigenvalue weighted by Gasteiger charge is -2.21. The largest absolute Gasteiger partial charge is 0.485 e. The van der Waals surface area contributed by atoms with Gasteiger partial charge in [0.15, 0.2) is 6.61 Å². The number of nitrogens with one attached hydrogen (secondary N) is 1. The summed E-state index contributed by atoms with van der Waals surface area (Å²) in [6.07, 6.45) is 4.24. The van der Waals surface area contributed by atoms with Crippen LogP contribution in [0.2, 0.25) is 0 Å². The summed E-state index contributed by atoms with van der Waals surface area (Å²) in [7, 11) is 0. The number of hydrogen-bond donors (Lipinski definition) is 1. The Balaban J connectivity index is 1.25. The van der Waals surface area contributed by atoms with E-state index in [9.17, 15) is 14.9 Å². The van der Waals surface area contributed by atoms with Crippen molar-refractivity contribution < 1.29 is 19.0 Å². The SMILES string of the molecule is O=C(Nc1ccc(OCc2noc(C3CC3)n2)cc1)c1cc([N+](=O)[O-])ccc1N1CCCC1. The summed E-state index contributed by atoms with van der Waals surface area (Å²) in [4.78, 5) is 30.2. The lowest BCUT2D eigenvalue weighted by Crippen LogP contribution is -2.23. The third kappa shape index (κ3) is 4.79. The van der Waals surface area contributed by atoms with Gasteiger partial charge in [0.05, 0.1) is 16.2 Å². The number of aromatic nitrogens is 2. The molecule has 2 aliphatic rings. The zero-order valence-corrected chi connectivity index (χ0v) is 17.9. The van der Waals surface area contributed by atoms with Gasteiger partial charge in [0.1, 0.15) is 5.75 Å². The van der Waals surface area contributed by atoms with E-state index in [0.29, 0.717) is 34.8 Å². The van der Waals surface area contributed by atoms with Crippen LogP contribution in [-0.2, 0) is 6.61 Å². The highest BCUT2D eigenvalue weighted by atomic mass is 16.6. The molecule has 1 aliphatic carbocycles. The highest BCUT2D eigenvalue weighted by Crippen LogP contribution is 2.38. The van der Waals surface area contributed by atoms with E-state index in [1.165, 1.54) is 12.1 Å². The van der Waals surface area contributed by atoms with Crippen molar-refractivity contribution in [3.05, 3.63) is 69.9 Å². The fourth-order valence-corrected chi connectivity index (χ4v) is 3.86. The molecule has 0 unspecified atom stereocenters. The van der Waals surface area contributed by atoms with Gasteiger partial charge < -0.3 is 19.5 Å². The second kappa shape index (κ2) is 8.89. The first-order valence-corrected chi connectivity index (χ1v) is 11.0. The molecule has 0 radical (unpaired) electrons. The molecule has 1 aromatic heterocycles. The molecule has 3 aromatic rings. The van der Waals surface area contributed by atoms with E-state index in [-0.39, 0.29) is 17.9 Å². The zero-order chi connectivity index (χ0) is 22.8. The predicted molar refractivity (Wildman–Crippen MR) is 120 cm³/mol. The summed E-state index contributed by atoms with van der Waals surface area (Å²) in [5.74, 6) is 1.76. The summed E-state index contributed by atoms with van der Waals surface area (Å²) in [5.41, 5.74) is 1.44. The second-order valence-corrected chi connectivity index (χ2v) is 8.24. The third-order valence-electron chi connectivity index (χ3n) is 5.77. The number of non-ortho nitro benzene ring substituents is 1. The van der Waals surface area contributed by atoms with E-state index in [1.807, 2.05) is 0 Å². The second-order valence-electron chi connectivity index (χ2n) is 8.24. The number of anilines is 2. The maximum Gasteiger partial charge on any atom is 0.270 e. The minimum atomic E-state index is -0.492. The number of nitro benzene ring substituents is 1. The van der Waals surface area contributed by atoms with Crippen LogP contribution in [0.25, 0.3) is 0 Å². The first-order chi connectivity index (χ1) is 16.1. The predicted octanol–water partition coefficient (Wildman–Crippen LogP) is 4.29. The highest BCUT2D eigenvalue weighted by Gasteiger charge is 2.29. The van der Waals surface area contributed by atoms with Crippen molar-refractivity contribution in [2.45, 2.75) is 38.2 Å². The molecular formula is C23H23N5O5. The van der Waals surface area contributed by atoms with E-state index >= 15 is 0 Å². The highest BCUT2D eigenvalue weighted by molar-refractivity contribution is 6.08. The third-order valence-corrected chi connectivity index (χ3v) is 5.77. The van der Waals surface area contributed by atoms with Crippen molar-refractivity contribution in [3.63, 3.8) is 0 Å². The molecule has 2 fully saturated rings. The van der Waals surface area contributed by atoms with Crippen LogP contribution in [0.15, 0.2) is 47.0 Å². The fraction of sp³-hybridized carbons (Fsp3) is 0.348. The van der Waals surface area contributed by atoms with Crippen molar-refractivity contribution in [2.24, 2.45) is 0 Å². The number of benzene rings is 2. The van der Waals surface area contributed by atoms with E-state index < -0.39 is 10.8 Å². The summed E-state index contributed by atoms with van der Waals surface area (Å²) in [6.45, 7) is 1.84. The molecule has 10 heteroatoms. The van der Waals surface area contributed by atoms with E-state index in [2.05, 4.69) is 20.4 Å². The molecule has 1 saturated heterocycles. The Labute approximate surface area is 189 Å². The van der Waals surface area contributed by atoms with Gasteiger partial charge in [0.2, 0.25) is 11.7 Å². The maximum absolute atomic E-state index is 13.0. The van der Waals surface area contributed by atoms with Crippen LogP contribution in [-0.4, -0.2) is 34.1 Å². The molecule has 1 amide bonds. The monoisotopic (exact) mass is 449 g/mol. The summed E-state index contributed by atoms with van der Waals surface area (Å²) < 4.78 is 10.9. The van der Waals surface area contributed by atoms with E-state index in [1.54, 1.807) is 30.3 Å². The lowest BCUT2D eigenvalue weighted by atomic mass is 10.1. The molecule has 5 rings (SSSR count). The quantitative estimate of drug-likeness (QED) is 0.399. The van der Waals surface area contributed by atoms with Crippen molar-refractivity contribution >= 4 is 23.0 Å². The van der Waals surface area contributed by atoms with Gasteiger partial charge >= 0.3 is 0 Å². The van der Waals surface area contributed by atoms with Crippen molar-refractivity contribution in [3.8, 4) is 5.75 Å². The molecule has 33 heavy (non-hydrogen) atoms. The number of nitro groups is 1. The minimum Gasteiger partial charge on any atom is -0.485 e. The molecule has 2 aromatic carbocycles. The van der Waals surface area contributed by atoms with Crippen LogP contribution >= 0.6 is 0 Å². The Hall–Kier alpha value is -3.95. The first kappa shape index (κ1) is 20.9. The van der Waals surface area contributed by atoms with Crippen molar-refractivity contribution in [1.82, 2.24) is 10.1 Å². The van der Waals surface area contributed by atoms with Gasteiger partial charge in [-0.05, 0) is 56.0 Å². The van der Waals surface area contributed by atoms with Gasteiger partial charge in [0.25, 0.3) is 11.6 Å². The molecule has 0 bridgehead atoms.